The Kier molecular flexibility index (Phi) is 8.49. The molecule has 0 amide bonds. The minimum Gasteiger partial charge on any atom is -0.485 e. The molecule has 0 spiro atoms. The molecule has 0 saturated carbocycles. The summed E-state index contributed by atoms with van der Waals surface area (Å²) < 4.78 is 12.5. The van der Waals surface area contributed by atoms with Gasteiger partial charge in [0.05, 0.1) is 9.75 Å². The van der Waals surface area contributed by atoms with Crippen LogP contribution in [0.1, 0.15) is 0 Å². The summed E-state index contributed by atoms with van der Waals surface area (Å²) in [7, 11) is 0. The molecule has 0 saturated heterocycles. The highest BCUT2D eigenvalue weighted by Crippen LogP contribution is 2.54. The predicted molar refractivity (Wildman–Crippen MR) is 244 cm³/mol. The Bertz CT molecular complexity index is 3060. The Labute approximate surface area is 341 Å². The number of ether oxygens (including phenoxy) is 2. The predicted octanol–water partition coefficient (Wildman–Crippen LogP) is 15.1. The van der Waals surface area contributed by atoms with E-state index in [9.17, 15) is 0 Å². The van der Waals surface area contributed by atoms with Crippen molar-refractivity contribution in [2.45, 2.75) is 0 Å². The maximum atomic E-state index is 6.28. The Morgan fingerprint density at radius 2 is 0.724 bits per heavy atom. The average Bonchev–Trinajstić information content (AvgIpc) is 3.70. The van der Waals surface area contributed by atoms with Gasteiger partial charge in [-0.2, -0.15) is 0 Å². The lowest BCUT2D eigenvalue weighted by atomic mass is 9.92. The van der Waals surface area contributed by atoms with Gasteiger partial charge in [-0.05, 0) is 108 Å². The van der Waals surface area contributed by atoms with E-state index < -0.39 is 0 Å². The molecule has 3 nitrogen and oxygen atoms in total. The molecule has 0 unspecified atom stereocenters. The van der Waals surface area contributed by atoms with E-state index >= 15 is 0 Å². The number of anilines is 3. The van der Waals surface area contributed by atoms with Gasteiger partial charge in [-0.15, -0.1) is 11.3 Å². The van der Waals surface area contributed by atoms with Gasteiger partial charge in [0.2, 0.25) is 0 Å². The van der Waals surface area contributed by atoms with Crippen molar-refractivity contribution in [1.29, 1.82) is 0 Å². The van der Waals surface area contributed by atoms with E-state index in [4.69, 9.17) is 9.47 Å². The van der Waals surface area contributed by atoms with Crippen molar-refractivity contribution in [1.82, 2.24) is 0 Å². The zero-order valence-electron chi connectivity index (χ0n) is 31.6. The lowest BCUT2D eigenvalue weighted by molar-refractivity contribution is 0.175. The molecular weight excluding hydrogens is 727 g/mol. The van der Waals surface area contributed by atoms with Crippen molar-refractivity contribution in [2.75, 3.05) is 18.1 Å². The van der Waals surface area contributed by atoms with Gasteiger partial charge in [-0.3, -0.25) is 0 Å². The molecule has 1 aromatic heterocycles. The molecule has 2 heterocycles. The summed E-state index contributed by atoms with van der Waals surface area (Å²) in [6.45, 7) is 1.09. The van der Waals surface area contributed by atoms with Crippen LogP contribution in [0.15, 0.2) is 200 Å². The van der Waals surface area contributed by atoms with Crippen molar-refractivity contribution in [3.63, 3.8) is 0 Å². The Hall–Kier alpha value is -7.14. The third kappa shape index (κ3) is 5.98. The van der Waals surface area contributed by atoms with Crippen molar-refractivity contribution in [2.24, 2.45) is 0 Å². The highest BCUT2D eigenvalue weighted by atomic mass is 32.1. The maximum Gasteiger partial charge on any atom is 0.180 e. The largest absolute Gasteiger partial charge is 0.485 e. The van der Waals surface area contributed by atoms with Gasteiger partial charge in [0, 0.05) is 17.1 Å². The molecule has 0 fully saturated rings. The fraction of sp³-hybridized carbons (Fsp3) is 0.0370. The summed E-state index contributed by atoms with van der Waals surface area (Å²) in [5, 5.41) is 7.66. The SMILES string of the molecule is c1ccc(-c2ccc(N(c3ccc(-c4sc(-c5ccccc5)c5c4OCCO5)cc3)c3cccc(-c4ccc5c6ccccc6c6ccccc6c5c4)c3)cc2)cc1. The molecule has 1 aliphatic rings. The van der Waals surface area contributed by atoms with Gasteiger partial charge >= 0.3 is 0 Å². The normalized spacial score (nSPS) is 12.3. The summed E-state index contributed by atoms with van der Waals surface area (Å²) in [4.78, 5) is 4.53. The topological polar surface area (TPSA) is 21.7 Å². The number of benzene rings is 9. The van der Waals surface area contributed by atoms with Gasteiger partial charge in [0.25, 0.3) is 0 Å². The van der Waals surface area contributed by atoms with Crippen LogP contribution in [0.3, 0.4) is 0 Å². The molecule has 1 aliphatic heterocycles. The van der Waals surface area contributed by atoms with Crippen LogP contribution in [0.25, 0.3) is 75.5 Å². The number of thiophene rings is 1. The second-order valence-electron chi connectivity index (χ2n) is 14.7. The van der Waals surface area contributed by atoms with Gasteiger partial charge in [0.15, 0.2) is 11.5 Å². The van der Waals surface area contributed by atoms with Crippen LogP contribution in [-0.2, 0) is 0 Å². The second-order valence-corrected chi connectivity index (χ2v) is 15.7. The van der Waals surface area contributed by atoms with Gasteiger partial charge in [0.1, 0.15) is 13.2 Å². The smallest absolute Gasteiger partial charge is 0.180 e. The van der Waals surface area contributed by atoms with Gasteiger partial charge in [-0.25, -0.2) is 0 Å². The third-order valence-corrected chi connectivity index (χ3v) is 12.5. The molecule has 11 rings (SSSR count). The number of hydrogen-bond donors (Lipinski definition) is 0. The monoisotopic (exact) mass is 763 g/mol. The molecule has 0 aliphatic carbocycles. The number of rotatable bonds is 7. The quantitative estimate of drug-likeness (QED) is 0.151. The number of nitrogens with zero attached hydrogens (tertiary/aromatic N) is 1. The Morgan fingerprint density at radius 1 is 0.310 bits per heavy atom. The van der Waals surface area contributed by atoms with Crippen molar-refractivity contribution in [3.8, 4) is 54.6 Å². The molecule has 4 heteroatoms. The van der Waals surface area contributed by atoms with Gasteiger partial charge in [-0.1, -0.05) is 158 Å². The van der Waals surface area contributed by atoms with E-state index in [2.05, 4.69) is 199 Å². The number of hydrogen-bond acceptors (Lipinski definition) is 4. The molecule has 9 aromatic carbocycles. The molecule has 0 atom stereocenters. The fourth-order valence-corrected chi connectivity index (χ4v) is 9.68. The van der Waals surface area contributed by atoms with E-state index in [1.807, 2.05) is 6.07 Å². The highest BCUT2D eigenvalue weighted by molar-refractivity contribution is 7.19. The molecule has 10 aromatic rings. The van der Waals surface area contributed by atoms with Crippen molar-refractivity contribution in [3.05, 3.63) is 200 Å². The highest BCUT2D eigenvalue weighted by Gasteiger charge is 2.26. The summed E-state index contributed by atoms with van der Waals surface area (Å²) >= 11 is 1.73. The zero-order chi connectivity index (χ0) is 38.4. The standard InChI is InChI=1S/C54H37NO2S/c1-3-12-36(13-4-1)37-22-27-42(28-23-37)55(43-29-24-39(25-30-43)54-52-51(56-32-33-57-52)53(58-54)38-14-5-2-6-15-38)44-17-11-16-40(34-44)41-26-31-49-47-20-8-7-18-45(47)46-19-9-10-21-48(46)50(49)35-41/h1-31,34-35H,32-33H2. The van der Waals surface area contributed by atoms with Crippen LogP contribution in [0, 0.1) is 0 Å². The summed E-state index contributed by atoms with van der Waals surface area (Å²) in [6.07, 6.45) is 0. The fourth-order valence-electron chi connectivity index (χ4n) is 8.47. The van der Waals surface area contributed by atoms with E-state index in [1.54, 1.807) is 11.3 Å². The second kappa shape index (κ2) is 14.4. The van der Waals surface area contributed by atoms with Crippen LogP contribution in [0.2, 0.25) is 0 Å². The Balaban J connectivity index is 1.02. The van der Waals surface area contributed by atoms with E-state index in [1.165, 1.54) is 49.0 Å². The first-order valence-electron chi connectivity index (χ1n) is 19.7. The molecule has 276 valence electrons. The lowest BCUT2D eigenvalue weighted by Gasteiger charge is -2.26. The molecule has 0 radical (unpaired) electrons. The van der Waals surface area contributed by atoms with E-state index in [0.29, 0.717) is 13.2 Å². The minimum atomic E-state index is 0.538. The first kappa shape index (κ1) is 34.1. The summed E-state index contributed by atoms with van der Waals surface area (Å²) in [6, 6.07) is 72.1. The third-order valence-electron chi connectivity index (χ3n) is 11.2. The molecule has 58 heavy (non-hydrogen) atoms. The van der Waals surface area contributed by atoms with Crippen LogP contribution in [-0.4, -0.2) is 13.2 Å². The van der Waals surface area contributed by atoms with E-state index in [0.717, 1.165) is 55.0 Å². The maximum absolute atomic E-state index is 6.28. The first-order chi connectivity index (χ1) is 28.8. The summed E-state index contributed by atoms with van der Waals surface area (Å²) in [5.74, 6) is 1.67. The van der Waals surface area contributed by atoms with Crippen LogP contribution in [0.5, 0.6) is 11.5 Å². The van der Waals surface area contributed by atoms with E-state index in [-0.39, 0.29) is 0 Å². The molecule has 0 bridgehead atoms. The number of fused-ring (bicyclic) bond motifs is 7. The Morgan fingerprint density at radius 3 is 1.31 bits per heavy atom. The minimum absolute atomic E-state index is 0.538. The molecule has 0 N–H and O–H groups in total. The average molecular weight is 764 g/mol. The molecular formula is C54H37NO2S. The van der Waals surface area contributed by atoms with Crippen molar-refractivity contribution >= 4 is 60.7 Å². The lowest BCUT2D eigenvalue weighted by Crippen LogP contribution is -2.14. The van der Waals surface area contributed by atoms with Crippen molar-refractivity contribution < 1.29 is 9.47 Å². The first-order valence-corrected chi connectivity index (χ1v) is 20.6. The van der Waals surface area contributed by atoms with Crippen LogP contribution in [0.4, 0.5) is 17.1 Å². The van der Waals surface area contributed by atoms with Crippen LogP contribution < -0.4 is 14.4 Å². The van der Waals surface area contributed by atoms with Gasteiger partial charge < -0.3 is 14.4 Å². The van der Waals surface area contributed by atoms with Crippen LogP contribution >= 0.6 is 11.3 Å². The zero-order valence-corrected chi connectivity index (χ0v) is 32.5. The summed E-state index contributed by atoms with van der Waals surface area (Å²) in [5.41, 5.74) is 10.2.